The second-order valence-corrected chi connectivity index (χ2v) is 7.76. The van der Waals surface area contributed by atoms with Gasteiger partial charge in [0, 0.05) is 49.5 Å². The number of fused-ring (bicyclic) bond motifs is 1. The highest BCUT2D eigenvalue weighted by atomic mass is 32.2. The van der Waals surface area contributed by atoms with Crippen LogP contribution in [0.25, 0.3) is 0 Å². The van der Waals surface area contributed by atoms with Gasteiger partial charge in [-0.2, -0.15) is 0 Å². The van der Waals surface area contributed by atoms with Gasteiger partial charge in [-0.25, -0.2) is 18.2 Å². The largest absolute Gasteiger partial charge is 0.439 e. The number of ether oxygens (including phenoxy) is 1. The fourth-order valence-corrected chi connectivity index (χ4v) is 4.27. The monoisotopic (exact) mass is 425 g/mol. The van der Waals surface area contributed by atoms with Gasteiger partial charge in [-0.3, -0.25) is 0 Å². The first-order chi connectivity index (χ1) is 13.0. The number of aromatic nitrogens is 1. The minimum Gasteiger partial charge on any atom is -0.439 e. The fraction of sp³-hybridized carbons (Fsp3) is 0.400. The lowest BCUT2D eigenvalue weighted by Gasteiger charge is -2.37. The minimum atomic E-state index is -2.92. The van der Waals surface area contributed by atoms with Gasteiger partial charge in [0.1, 0.15) is 11.6 Å². The summed E-state index contributed by atoms with van der Waals surface area (Å²) >= 11 is 1.64. The molecule has 2 aliphatic rings. The number of hydrogen-bond acceptors (Lipinski definition) is 5. The number of hydrogen-bond donors (Lipinski definition) is 0. The number of nitrogens with zero attached hydrogens (tertiary/aromatic N) is 3. The van der Waals surface area contributed by atoms with Crippen LogP contribution in [0, 0.1) is 0 Å². The smallest absolute Gasteiger partial charge is 0.270 e. The normalized spacial score (nSPS) is 18.7. The molecule has 158 valence electrons. The second kappa shape index (κ2) is 9.51. The summed E-state index contributed by atoms with van der Waals surface area (Å²) in [4.78, 5) is 6.41. The molecule has 29 heavy (non-hydrogen) atoms. The molecule has 1 unspecified atom stereocenters. The van der Waals surface area contributed by atoms with E-state index in [-0.39, 0.29) is 22.4 Å². The summed E-state index contributed by atoms with van der Waals surface area (Å²) in [5, 5.41) is 0. The lowest BCUT2D eigenvalue weighted by Crippen LogP contribution is -2.42. The van der Waals surface area contributed by atoms with E-state index >= 15 is 0 Å². The molecule has 0 radical (unpaired) electrons. The number of benzene rings is 1. The van der Waals surface area contributed by atoms with Crippen LogP contribution in [0.4, 0.5) is 8.78 Å². The Labute approximate surface area is 172 Å². The van der Waals surface area contributed by atoms with Crippen LogP contribution < -0.4 is 4.74 Å². The molecule has 1 aromatic heterocycles. The predicted octanol–water partition coefficient (Wildman–Crippen LogP) is 3.58. The Morgan fingerprint density at radius 2 is 1.90 bits per heavy atom. The van der Waals surface area contributed by atoms with Crippen LogP contribution in [0.3, 0.4) is 0 Å². The quantitative estimate of drug-likeness (QED) is 0.699. The summed E-state index contributed by atoms with van der Waals surface area (Å²) in [6, 6.07) is 10.4. The van der Waals surface area contributed by atoms with Gasteiger partial charge in [-0.05, 0) is 48.6 Å². The first kappa shape index (κ1) is 23.1. The van der Waals surface area contributed by atoms with Crippen molar-refractivity contribution in [1.29, 1.82) is 0 Å². The lowest BCUT2D eigenvalue weighted by atomic mass is 9.89. The van der Waals surface area contributed by atoms with E-state index in [0.29, 0.717) is 11.7 Å². The zero-order valence-electron chi connectivity index (χ0n) is 16.1. The van der Waals surface area contributed by atoms with Crippen LogP contribution in [0.5, 0.6) is 11.6 Å². The molecule has 3 heterocycles. The van der Waals surface area contributed by atoms with E-state index < -0.39 is 5.92 Å². The maximum Gasteiger partial charge on any atom is 0.270 e. The molecule has 0 spiro atoms. The molecule has 1 aromatic carbocycles. The molecule has 1 saturated heterocycles. The fourth-order valence-electron chi connectivity index (χ4n) is 3.50. The molecule has 1 fully saturated rings. The van der Waals surface area contributed by atoms with Crippen LogP contribution in [0.2, 0.25) is 0 Å². The molecule has 2 aliphatic heterocycles. The van der Waals surface area contributed by atoms with E-state index in [0.717, 1.165) is 38.6 Å². The van der Waals surface area contributed by atoms with Crippen molar-refractivity contribution >= 4 is 17.8 Å². The first-order valence-electron chi connectivity index (χ1n) is 9.08. The molecule has 4 N–H and O–H groups in total. The summed E-state index contributed by atoms with van der Waals surface area (Å²) < 4.78 is 37.3. The third kappa shape index (κ3) is 5.23. The van der Waals surface area contributed by atoms with Crippen molar-refractivity contribution in [2.45, 2.75) is 31.6 Å². The highest BCUT2D eigenvalue weighted by molar-refractivity contribution is 7.98. The summed E-state index contributed by atoms with van der Waals surface area (Å²) in [6.45, 7) is 3.01. The van der Waals surface area contributed by atoms with Crippen molar-refractivity contribution in [2.75, 3.05) is 18.8 Å². The molecule has 4 rings (SSSR count). The Morgan fingerprint density at radius 1 is 1.14 bits per heavy atom. The van der Waals surface area contributed by atoms with Crippen molar-refractivity contribution in [3.8, 4) is 11.6 Å². The van der Waals surface area contributed by atoms with E-state index in [9.17, 15) is 8.78 Å². The first-order valence-corrected chi connectivity index (χ1v) is 10.0. The molecule has 0 saturated carbocycles. The number of rotatable bonds is 4. The van der Waals surface area contributed by atoms with Gasteiger partial charge in [0.2, 0.25) is 5.88 Å². The zero-order chi connectivity index (χ0) is 18.9. The van der Waals surface area contributed by atoms with Crippen LogP contribution in [-0.2, 0) is 5.92 Å². The van der Waals surface area contributed by atoms with Crippen molar-refractivity contribution in [3.63, 3.8) is 0 Å². The SMILES string of the molecule is CC(F)(F)c1ccnc(Oc2ccc(C3CCCN4CCSN=C34)cc2)c1.O.O. The highest BCUT2D eigenvalue weighted by Gasteiger charge is 2.29. The van der Waals surface area contributed by atoms with Crippen LogP contribution in [0.15, 0.2) is 47.0 Å². The van der Waals surface area contributed by atoms with Crippen molar-refractivity contribution in [2.24, 2.45) is 4.40 Å². The molecule has 0 bridgehead atoms. The average Bonchev–Trinajstić information content (AvgIpc) is 2.68. The number of pyridine rings is 1. The van der Waals surface area contributed by atoms with Crippen LogP contribution >= 0.6 is 11.9 Å². The molecular weight excluding hydrogens is 400 g/mol. The number of amidine groups is 1. The standard InChI is InChI=1S/C20H21F2N3OS.2H2O/c1-20(21,22)15-8-9-23-18(13-15)26-16-6-4-14(5-7-16)17-3-2-10-25-11-12-27-24-19(17)25;;/h4-9,13,17H,2-3,10-12H2,1H3;2*1H2. The Bertz CT molecular complexity index is 844. The Morgan fingerprint density at radius 3 is 2.62 bits per heavy atom. The minimum absolute atomic E-state index is 0. The van der Waals surface area contributed by atoms with Gasteiger partial charge in [0.25, 0.3) is 5.92 Å². The number of alkyl halides is 2. The van der Waals surface area contributed by atoms with Crippen LogP contribution in [-0.4, -0.2) is 45.5 Å². The molecule has 0 aliphatic carbocycles. The van der Waals surface area contributed by atoms with E-state index in [1.54, 1.807) is 11.9 Å². The number of halogens is 2. The topological polar surface area (TPSA) is 101 Å². The maximum atomic E-state index is 13.5. The third-order valence-corrected chi connectivity index (χ3v) is 5.60. The second-order valence-electron chi connectivity index (χ2n) is 6.91. The maximum absolute atomic E-state index is 13.5. The predicted molar refractivity (Wildman–Crippen MR) is 111 cm³/mol. The molecule has 1 atom stereocenters. The van der Waals surface area contributed by atoms with Crippen molar-refractivity contribution in [1.82, 2.24) is 9.88 Å². The molecular formula is C20H25F2N3O3S. The van der Waals surface area contributed by atoms with E-state index in [1.807, 2.05) is 24.3 Å². The van der Waals surface area contributed by atoms with E-state index in [1.165, 1.54) is 29.7 Å². The zero-order valence-corrected chi connectivity index (χ0v) is 16.9. The average molecular weight is 426 g/mol. The van der Waals surface area contributed by atoms with Crippen molar-refractivity contribution < 1.29 is 24.5 Å². The van der Waals surface area contributed by atoms with E-state index in [2.05, 4.69) is 14.3 Å². The number of piperidine rings is 1. The molecule has 0 amide bonds. The Balaban J connectivity index is 0.00000150. The van der Waals surface area contributed by atoms with Gasteiger partial charge in [-0.1, -0.05) is 12.1 Å². The Kier molecular flexibility index (Phi) is 7.56. The molecule has 2 aromatic rings. The summed E-state index contributed by atoms with van der Waals surface area (Å²) in [7, 11) is 0. The van der Waals surface area contributed by atoms with Gasteiger partial charge >= 0.3 is 0 Å². The summed E-state index contributed by atoms with van der Waals surface area (Å²) in [6.07, 6.45) is 3.59. The lowest BCUT2D eigenvalue weighted by molar-refractivity contribution is 0.0171. The Hall–Kier alpha value is -2.23. The van der Waals surface area contributed by atoms with Gasteiger partial charge < -0.3 is 20.6 Å². The molecule has 9 heteroatoms. The van der Waals surface area contributed by atoms with Gasteiger partial charge in [-0.15, -0.1) is 0 Å². The van der Waals surface area contributed by atoms with Crippen LogP contribution in [0.1, 0.15) is 36.8 Å². The van der Waals surface area contributed by atoms with E-state index in [4.69, 9.17) is 4.74 Å². The van der Waals surface area contributed by atoms with Crippen molar-refractivity contribution in [3.05, 3.63) is 53.7 Å². The third-order valence-electron chi connectivity index (χ3n) is 4.91. The highest BCUT2D eigenvalue weighted by Crippen LogP contribution is 2.34. The summed E-state index contributed by atoms with van der Waals surface area (Å²) in [5.41, 5.74) is 1.09. The van der Waals surface area contributed by atoms with Gasteiger partial charge in [0.15, 0.2) is 0 Å². The van der Waals surface area contributed by atoms with Gasteiger partial charge in [0.05, 0.1) is 0 Å². The molecule has 6 nitrogen and oxygen atoms in total. The summed E-state index contributed by atoms with van der Waals surface area (Å²) in [5.74, 6) is 0.350.